The van der Waals surface area contributed by atoms with Crippen molar-refractivity contribution in [2.45, 2.75) is 19.4 Å². The number of halogens is 2. The van der Waals surface area contributed by atoms with E-state index in [-0.39, 0.29) is 24.2 Å². The first kappa shape index (κ1) is 16.1. The number of hydrogen-bond donors (Lipinski definition) is 0. The number of rotatable bonds is 4. The van der Waals surface area contributed by atoms with Crippen LogP contribution in [0.3, 0.4) is 0 Å². The van der Waals surface area contributed by atoms with Gasteiger partial charge in [-0.3, -0.25) is 4.68 Å². The minimum atomic E-state index is -0.510. The Bertz CT molecular complexity index is 726. The van der Waals surface area contributed by atoms with Crippen LogP contribution in [0.5, 0.6) is 0 Å². The third-order valence-corrected chi connectivity index (χ3v) is 4.17. The highest BCUT2D eigenvalue weighted by atomic mass is 79.9. The molecule has 1 aromatic carbocycles. The molecular formula is C16H16BrFN2O3. The van der Waals surface area contributed by atoms with Crippen LogP contribution >= 0.6 is 15.9 Å². The average molecular weight is 383 g/mol. The third-order valence-electron chi connectivity index (χ3n) is 3.68. The Kier molecular flexibility index (Phi) is 4.77. The molecule has 0 amide bonds. The molecule has 1 aromatic heterocycles. The van der Waals surface area contributed by atoms with Gasteiger partial charge in [0.2, 0.25) is 0 Å². The van der Waals surface area contributed by atoms with Crippen molar-refractivity contribution in [1.82, 2.24) is 9.78 Å². The zero-order valence-electron chi connectivity index (χ0n) is 12.6. The van der Waals surface area contributed by atoms with Crippen molar-refractivity contribution >= 4 is 21.9 Å². The van der Waals surface area contributed by atoms with E-state index in [4.69, 9.17) is 9.47 Å². The van der Waals surface area contributed by atoms with Gasteiger partial charge in [-0.05, 0) is 37.6 Å². The molecular weight excluding hydrogens is 367 g/mol. The minimum Gasteiger partial charge on any atom is -0.461 e. The highest BCUT2D eigenvalue weighted by molar-refractivity contribution is 9.10. The van der Waals surface area contributed by atoms with E-state index in [1.807, 2.05) is 0 Å². The predicted molar refractivity (Wildman–Crippen MR) is 85.8 cm³/mol. The Hall–Kier alpha value is -1.73. The molecule has 0 N–H and O–H groups in total. The topological polar surface area (TPSA) is 53.4 Å². The Labute approximate surface area is 141 Å². The van der Waals surface area contributed by atoms with Crippen LogP contribution in [0.4, 0.5) is 4.39 Å². The molecule has 3 rings (SSSR count). The van der Waals surface area contributed by atoms with Crippen molar-refractivity contribution in [2.75, 3.05) is 19.8 Å². The number of hydrogen-bond acceptors (Lipinski definition) is 4. The van der Waals surface area contributed by atoms with Gasteiger partial charge in [0, 0.05) is 16.6 Å². The molecule has 1 aliphatic rings. The summed E-state index contributed by atoms with van der Waals surface area (Å²) in [4.78, 5) is 12.0. The van der Waals surface area contributed by atoms with Crippen LogP contribution in [0, 0.1) is 5.82 Å². The summed E-state index contributed by atoms with van der Waals surface area (Å²) in [5, 5.41) is 4.33. The van der Waals surface area contributed by atoms with E-state index in [1.165, 1.54) is 6.07 Å². The van der Waals surface area contributed by atoms with E-state index in [9.17, 15) is 9.18 Å². The second-order valence-electron chi connectivity index (χ2n) is 5.22. The summed E-state index contributed by atoms with van der Waals surface area (Å²) in [6.07, 6.45) is 0.773. The highest BCUT2D eigenvalue weighted by Gasteiger charge is 2.26. The first-order valence-electron chi connectivity index (χ1n) is 7.40. The van der Waals surface area contributed by atoms with Gasteiger partial charge in [0.05, 0.1) is 24.9 Å². The fourth-order valence-electron chi connectivity index (χ4n) is 2.59. The zero-order chi connectivity index (χ0) is 16.4. The summed E-state index contributed by atoms with van der Waals surface area (Å²) in [5.74, 6) is -0.890. The molecule has 0 spiro atoms. The van der Waals surface area contributed by atoms with Gasteiger partial charge in [-0.15, -0.1) is 0 Å². The van der Waals surface area contributed by atoms with Crippen molar-refractivity contribution < 1.29 is 18.7 Å². The summed E-state index contributed by atoms with van der Waals surface area (Å²) in [7, 11) is 0. The molecule has 1 saturated heterocycles. The van der Waals surface area contributed by atoms with Gasteiger partial charge in [0.1, 0.15) is 5.82 Å². The monoisotopic (exact) mass is 382 g/mol. The Morgan fingerprint density at radius 3 is 3.00 bits per heavy atom. The quantitative estimate of drug-likeness (QED) is 0.758. The van der Waals surface area contributed by atoms with E-state index in [0.29, 0.717) is 28.9 Å². The SMILES string of the molecule is CCOC(=O)c1cc(-c2ccc(Br)cc2F)n([C@H]2CCOC2)n1. The molecule has 1 fully saturated rings. The molecule has 0 radical (unpaired) electrons. The Morgan fingerprint density at radius 1 is 1.52 bits per heavy atom. The van der Waals surface area contributed by atoms with Crippen LogP contribution < -0.4 is 0 Å². The van der Waals surface area contributed by atoms with Gasteiger partial charge in [0.25, 0.3) is 0 Å². The number of aromatic nitrogens is 2. The predicted octanol–water partition coefficient (Wildman–Crippen LogP) is 3.59. The normalized spacial score (nSPS) is 17.4. The first-order chi connectivity index (χ1) is 11.1. The Morgan fingerprint density at radius 2 is 2.35 bits per heavy atom. The molecule has 1 atom stereocenters. The lowest BCUT2D eigenvalue weighted by Gasteiger charge is -2.13. The maximum atomic E-state index is 14.3. The van der Waals surface area contributed by atoms with Crippen molar-refractivity contribution in [1.29, 1.82) is 0 Å². The number of benzene rings is 1. The van der Waals surface area contributed by atoms with Crippen molar-refractivity contribution in [3.63, 3.8) is 0 Å². The zero-order valence-corrected chi connectivity index (χ0v) is 14.2. The largest absolute Gasteiger partial charge is 0.461 e. The van der Waals surface area contributed by atoms with Gasteiger partial charge < -0.3 is 9.47 Å². The minimum absolute atomic E-state index is 0.0174. The van der Waals surface area contributed by atoms with Crippen LogP contribution in [0.2, 0.25) is 0 Å². The second-order valence-corrected chi connectivity index (χ2v) is 6.14. The number of nitrogens with zero attached hydrogens (tertiary/aromatic N) is 2. The Balaban J connectivity index is 2.07. The van der Waals surface area contributed by atoms with Gasteiger partial charge in [0.15, 0.2) is 5.69 Å². The van der Waals surface area contributed by atoms with Gasteiger partial charge in [-0.25, -0.2) is 9.18 Å². The van der Waals surface area contributed by atoms with Crippen molar-refractivity contribution in [2.24, 2.45) is 0 Å². The lowest BCUT2D eigenvalue weighted by atomic mass is 10.1. The molecule has 7 heteroatoms. The summed E-state index contributed by atoms with van der Waals surface area (Å²) < 4.78 is 27.1. The summed E-state index contributed by atoms with van der Waals surface area (Å²) >= 11 is 3.25. The molecule has 0 saturated carbocycles. The lowest BCUT2D eigenvalue weighted by molar-refractivity contribution is 0.0518. The number of carbonyl (C=O) groups is 1. The molecule has 0 unspecified atom stereocenters. The van der Waals surface area contributed by atoms with Crippen LogP contribution in [0.15, 0.2) is 28.7 Å². The summed E-state index contributed by atoms with van der Waals surface area (Å²) in [5.41, 5.74) is 1.12. The smallest absolute Gasteiger partial charge is 0.358 e. The highest BCUT2D eigenvalue weighted by Crippen LogP contribution is 2.31. The van der Waals surface area contributed by atoms with Crippen molar-refractivity contribution in [3.05, 3.63) is 40.2 Å². The maximum Gasteiger partial charge on any atom is 0.358 e. The molecule has 23 heavy (non-hydrogen) atoms. The molecule has 2 heterocycles. The van der Waals surface area contributed by atoms with E-state index >= 15 is 0 Å². The number of esters is 1. The molecule has 0 aliphatic carbocycles. The lowest BCUT2D eigenvalue weighted by Crippen LogP contribution is -2.13. The maximum absolute atomic E-state index is 14.3. The van der Waals surface area contributed by atoms with E-state index in [0.717, 1.165) is 6.42 Å². The fourth-order valence-corrected chi connectivity index (χ4v) is 2.92. The van der Waals surface area contributed by atoms with E-state index < -0.39 is 5.97 Å². The van der Waals surface area contributed by atoms with Crippen molar-refractivity contribution in [3.8, 4) is 11.3 Å². The standard InChI is InChI=1S/C16H16BrFN2O3/c1-2-23-16(21)14-8-15(12-4-3-10(17)7-13(12)18)20(19-14)11-5-6-22-9-11/h3-4,7-8,11H,2,5-6,9H2,1H3/t11-/m0/s1. The average Bonchev–Trinajstić information content (AvgIpc) is 3.16. The fraction of sp³-hybridized carbons (Fsp3) is 0.375. The van der Waals surface area contributed by atoms with Crippen LogP contribution in [-0.2, 0) is 9.47 Å². The van der Waals surface area contributed by atoms with Crippen LogP contribution in [0.1, 0.15) is 29.9 Å². The second kappa shape index (κ2) is 6.80. The molecule has 1 aliphatic heterocycles. The van der Waals surface area contributed by atoms with Crippen LogP contribution in [0.25, 0.3) is 11.3 Å². The molecule has 5 nitrogen and oxygen atoms in total. The van der Waals surface area contributed by atoms with Gasteiger partial charge in [-0.2, -0.15) is 5.10 Å². The molecule has 0 bridgehead atoms. The summed E-state index contributed by atoms with van der Waals surface area (Å²) in [6, 6.07) is 6.36. The first-order valence-corrected chi connectivity index (χ1v) is 8.19. The van der Waals surface area contributed by atoms with Crippen LogP contribution in [-0.4, -0.2) is 35.6 Å². The van der Waals surface area contributed by atoms with E-state index in [2.05, 4.69) is 21.0 Å². The molecule has 2 aromatic rings. The van der Waals surface area contributed by atoms with E-state index in [1.54, 1.807) is 29.8 Å². The molecule has 122 valence electrons. The number of ether oxygens (including phenoxy) is 2. The van der Waals surface area contributed by atoms with Gasteiger partial charge >= 0.3 is 5.97 Å². The van der Waals surface area contributed by atoms with Gasteiger partial charge in [-0.1, -0.05) is 15.9 Å². The number of carbonyl (C=O) groups excluding carboxylic acids is 1. The third kappa shape index (κ3) is 3.30. The summed E-state index contributed by atoms with van der Waals surface area (Å²) in [6.45, 7) is 3.12.